The molecule has 1 heterocycles. The summed E-state index contributed by atoms with van der Waals surface area (Å²) in [6.07, 6.45) is 1.54. The predicted molar refractivity (Wildman–Crippen MR) is 53.1 cm³/mol. The molecule has 1 aromatic rings. The normalized spacial score (nSPS) is 10.2. The summed E-state index contributed by atoms with van der Waals surface area (Å²) in [6, 6.07) is 0. The Bertz CT molecular complexity index is 363. The summed E-state index contributed by atoms with van der Waals surface area (Å²) in [5.41, 5.74) is 2.15. The number of nitrogens with zero attached hydrogens (tertiary/aromatic N) is 2. The van der Waals surface area contributed by atoms with Crippen molar-refractivity contribution in [1.82, 2.24) is 10.3 Å². The van der Waals surface area contributed by atoms with E-state index in [0.29, 0.717) is 17.7 Å². The Kier molecular flexibility index (Phi) is 3.14. The molecule has 0 saturated heterocycles. The molecule has 5 heteroatoms. The number of aromatic nitrogens is 1. The number of nitro groups is 1. The molecule has 0 aliphatic rings. The van der Waals surface area contributed by atoms with Crippen LogP contribution in [0, 0.1) is 24.0 Å². The van der Waals surface area contributed by atoms with Gasteiger partial charge in [-0.25, -0.2) is 0 Å². The summed E-state index contributed by atoms with van der Waals surface area (Å²) in [4.78, 5) is 14.5. The fourth-order valence-corrected chi connectivity index (χ4v) is 1.39. The van der Waals surface area contributed by atoms with E-state index in [1.54, 1.807) is 20.9 Å². The van der Waals surface area contributed by atoms with Crippen LogP contribution in [0.5, 0.6) is 0 Å². The van der Waals surface area contributed by atoms with E-state index in [1.807, 2.05) is 0 Å². The molecule has 1 rings (SSSR count). The van der Waals surface area contributed by atoms with Gasteiger partial charge in [-0.3, -0.25) is 15.1 Å². The van der Waals surface area contributed by atoms with Crippen molar-refractivity contribution in [2.24, 2.45) is 0 Å². The van der Waals surface area contributed by atoms with E-state index in [-0.39, 0.29) is 10.6 Å². The van der Waals surface area contributed by atoms with Crippen molar-refractivity contribution in [1.29, 1.82) is 0 Å². The van der Waals surface area contributed by atoms with E-state index in [9.17, 15) is 10.1 Å². The van der Waals surface area contributed by atoms with Gasteiger partial charge < -0.3 is 5.32 Å². The molecule has 1 aromatic heterocycles. The molecule has 0 radical (unpaired) electrons. The van der Waals surface area contributed by atoms with Crippen molar-refractivity contribution in [2.45, 2.75) is 20.4 Å². The van der Waals surface area contributed by atoms with Crippen LogP contribution in [0.2, 0.25) is 0 Å². The minimum atomic E-state index is -0.356. The van der Waals surface area contributed by atoms with E-state index >= 15 is 0 Å². The highest BCUT2D eigenvalue weighted by atomic mass is 16.6. The third-order valence-electron chi connectivity index (χ3n) is 2.10. The average molecular weight is 195 g/mol. The Morgan fingerprint density at radius 1 is 1.57 bits per heavy atom. The van der Waals surface area contributed by atoms with E-state index in [4.69, 9.17) is 0 Å². The Balaban J connectivity index is 3.26. The van der Waals surface area contributed by atoms with Gasteiger partial charge in [-0.2, -0.15) is 0 Å². The van der Waals surface area contributed by atoms with Gasteiger partial charge >= 0.3 is 0 Å². The maximum atomic E-state index is 10.8. The quantitative estimate of drug-likeness (QED) is 0.583. The van der Waals surface area contributed by atoms with E-state index in [0.717, 1.165) is 5.69 Å². The maximum Gasteiger partial charge on any atom is 0.278 e. The lowest BCUT2D eigenvalue weighted by molar-refractivity contribution is -0.386. The fraction of sp³-hybridized carbons (Fsp3) is 0.444. The van der Waals surface area contributed by atoms with E-state index < -0.39 is 0 Å². The molecule has 0 unspecified atom stereocenters. The molecular weight excluding hydrogens is 182 g/mol. The number of hydrogen-bond donors (Lipinski definition) is 1. The molecule has 14 heavy (non-hydrogen) atoms. The average Bonchev–Trinajstić information content (AvgIpc) is 2.10. The van der Waals surface area contributed by atoms with Crippen molar-refractivity contribution in [3.8, 4) is 0 Å². The molecule has 0 bridgehead atoms. The van der Waals surface area contributed by atoms with Gasteiger partial charge in [-0.1, -0.05) is 0 Å². The van der Waals surface area contributed by atoms with Crippen LogP contribution in [0.25, 0.3) is 0 Å². The highest BCUT2D eigenvalue weighted by Crippen LogP contribution is 2.23. The van der Waals surface area contributed by atoms with Gasteiger partial charge in [0.2, 0.25) is 0 Å². The first kappa shape index (κ1) is 10.6. The zero-order valence-electron chi connectivity index (χ0n) is 8.50. The van der Waals surface area contributed by atoms with Crippen LogP contribution in [0.4, 0.5) is 5.69 Å². The lowest BCUT2D eigenvalue weighted by Gasteiger charge is -2.06. The summed E-state index contributed by atoms with van der Waals surface area (Å²) in [7, 11) is 1.78. The molecule has 76 valence electrons. The molecular formula is C9H13N3O2. The number of rotatable bonds is 3. The first-order valence-corrected chi connectivity index (χ1v) is 4.32. The topological polar surface area (TPSA) is 68.1 Å². The van der Waals surface area contributed by atoms with Crippen molar-refractivity contribution < 1.29 is 4.92 Å². The van der Waals surface area contributed by atoms with Gasteiger partial charge in [0.25, 0.3) is 5.69 Å². The Morgan fingerprint density at radius 3 is 2.71 bits per heavy atom. The molecule has 0 saturated carbocycles. The third kappa shape index (κ3) is 1.88. The Hall–Kier alpha value is -1.49. The predicted octanol–water partition coefficient (Wildman–Crippen LogP) is 1.33. The summed E-state index contributed by atoms with van der Waals surface area (Å²) >= 11 is 0. The summed E-state index contributed by atoms with van der Waals surface area (Å²) < 4.78 is 0. The Morgan fingerprint density at radius 2 is 2.21 bits per heavy atom. The van der Waals surface area contributed by atoms with Gasteiger partial charge in [-0.05, 0) is 20.9 Å². The number of pyridine rings is 1. The minimum absolute atomic E-state index is 0.172. The van der Waals surface area contributed by atoms with Gasteiger partial charge in [-0.15, -0.1) is 0 Å². The van der Waals surface area contributed by atoms with Gasteiger partial charge in [0.05, 0.1) is 10.6 Å². The summed E-state index contributed by atoms with van der Waals surface area (Å²) in [5.74, 6) is 0. The first-order chi connectivity index (χ1) is 6.57. The SMILES string of the molecule is CNCc1ncc(C)c([N+](=O)[O-])c1C. The lowest BCUT2D eigenvalue weighted by Crippen LogP contribution is -2.10. The van der Waals surface area contributed by atoms with Crippen molar-refractivity contribution >= 4 is 5.69 Å². The summed E-state index contributed by atoms with van der Waals surface area (Å²) in [6.45, 7) is 3.97. The number of aryl methyl sites for hydroxylation is 1. The largest absolute Gasteiger partial charge is 0.314 e. The first-order valence-electron chi connectivity index (χ1n) is 4.32. The summed E-state index contributed by atoms with van der Waals surface area (Å²) in [5, 5.41) is 13.7. The van der Waals surface area contributed by atoms with Gasteiger partial charge in [0.15, 0.2) is 0 Å². The molecule has 5 nitrogen and oxygen atoms in total. The fourth-order valence-electron chi connectivity index (χ4n) is 1.39. The zero-order chi connectivity index (χ0) is 10.7. The van der Waals surface area contributed by atoms with Crippen LogP contribution in [-0.4, -0.2) is 17.0 Å². The maximum absolute atomic E-state index is 10.8. The van der Waals surface area contributed by atoms with Gasteiger partial charge in [0, 0.05) is 23.9 Å². The highest BCUT2D eigenvalue weighted by Gasteiger charge is 2.17. The molecule has 0 atom stereocenters. The highest BCUT2D eigenvalue weighted by molar-refractivity contribution is 5.47. The smallest absolute Gasteiger partial charge is 0.278 e. The second-order valence-electron chi connectivity index (χ2n) is 3.15. The third-order valence-corrected chi connectivity index (χ3v) is 2.10. The van der Waals surface area contributed by atoms with Crippen LogP contribution in [0.1, 0.15) is 16.8 Å². The standard InChI is InChI=1S/C9H13N3O2/c1-6-4-11-8(5-10-3)7(2)9(6)12(13)14/h4,10H,5H2,1-3H3. The molecule has 0 aliphatic heterocycles. The Labute approximate surface area is 82.3 Å². The minimum Gasteiger partial charge on any atom is -0.314 e. The van der Waals surface area contributed by atoms with Crippen molar-refractivity contribution in [2.75, 3.05) is 7.05 Å². The van der Waals surface area contributed by atoms with E-state index in [1.165, 1.54) is 6.20 Å². The second kappa shape index (κ2) is 4.15. The van der Waals surface area contributed by atoms with Crippen LogP contribution in [-0.2, 0) is 6.54 Å². The molecule has 0 aliphatic carbocycles. The monoisotopic (exact) mass is 195 g/mol. The molecule has 0 aromatic carbocycles. The van der Waals surface area contributed by atoms with Gasteiger partial charge in [0.1, 0.15) is 0 Å². The van der Waals surface area contributed by atoms with Crippen molar-refractivity contribution in [3.05, 3.63) is 33.1 Å². The van der Waals surface area contributed by atoms with Crippen molar-refractivity contribution in [3.63, 3.8) is 0 Å². The van der Waals surface area contributed by atoms with Crippen LogP contribution >= 0.6 is 0 Å². The number of nitrogens with one attached hydrogen (secondary N) is 1. The zero-order valence-corrected chi connectivity index (χ0v) is 8.50. The van der Waals surface area contributed by atoms with Crippen LogP contribution in [0.3, 0.4) is 0 Å². The number of hydrogen-bond acceptors (Lipinski definition) is 4. The second-order valence-corrected chi connectivity index (χ2v) is 3.15. The molecule has 0 spiro atoms. The van der Waals surface area contributed by atoms with Crippen LogP contribution < -0.4 is 5.32 Å². The van der Waals surface area contributed by atoms with E-state index in [2.05, 4.69) is 10.3 Å². The lowest BCUT2D eigenvalue weighted by atomic mass is 10.1. The molecule has 0 fully saturated rings. The van der Waals surface area contributed by atoms with Crippen LogP contribution in [0.15, 0.2) is 6.20 Å². The molecule has 1 N–H and O–H groups in total. The molecule has 0 amide bonds.